The first-order valence-corrected chi connectivity index (χ1v) is 6.75. The Labute approximate surface area is 121 Å². The Balaban J connectivity index is 3.24. The van der Waals surface area contributed by atoms with Gasteiger partial charge in [0.15, 0.2) is 11.5 Å². The molecule has 1 aromatic carbocycles. The summed E-state index contributed by atoms with van der Waals surface area (Å²) in [5.41, 5.74) is 2.24. The number of rotatable bonds is 8. The molecule has 4 nitrogen and oxygen atoms in total. The second-order valence-corrected chi connectivity index (χ2v) is 4.57. The molecule has 0 aromatic heterocycles. The minimum Gasteiger partial charge on any atom is -0.493 e. The van der Waals surface area contributed by atoms with Crippen LogP contribution in [0.1, 0.15) is 31.4 Å². The minimum absolute atomic E-state index is 0.136. The molecule has 1 aromatic rings. The lowest BCUT2D eigenvalue weighted by Gasteiger charge is -2.22. The van der Waals surface area contributed by atoms with Crippen LogP contribution in [0.5, 0.6) is 17.2 Å². The van der Waals surface area contributed by atoms with Gasteiger partial charge in [-0.05, 0) is 32.0 Å². The number of hydrogen-bond donors (Lipinski definition) is 1. The van der Waals surface area contributed by atoms with Crippen molar-refractivity contribution in [3.05, 3.63) is 29.8 Å². The van der Waals surface area contributed by atoms with Crippen molar-refractivity contribution in [1.29, 1.82) is 0 Å². The Morgan fingerprint density at radius 1 is 1.15 bits per heavy atom. The Morgan fingerprint density at radius 3 is 2.25 bits per heavy atom. The average molecular weight is 279 g/mol. The third-order valence-electron chi connectivity index (χ3n) is 3.45. The van der Waals surface area contributed by atoms with Crippen LogP contribution in [0.25, 0.3) is 0 Å². The van der Waals surface area contributed by atoms with Gasteiger partial charge in [-0.15, -0.1) is 0 Å². The lowest BCUT2D eigenvalue weighted by molar-refractivity contribution is 0.319. The van der Waals surface area contributed by atoms with E-state index in [0.29, 0.717) is 17.2 Å². The van der Waals surface area contributed by atoms with E-state index in [2.05, 4.69) is 18.8 Å². The minimum atomic E-state index is 0.136. The lowest BCUT2D eigenvalue weighted by atomic mass is 9.97. The first-order valence-electron chi connectivity index (χ1n) is 6.75. The van der Waals surface area contributed by atoms with Gasteiger partial charge in [0.25, 0.3) is 0 Å². The van der Waals surface area contributed by atoms with E-state index in [0.717, 1.165) is 18.4 Å². The van der Waals surface area contributed by atoms with Gasteiger partial charge in [0.05, 0.1) is 21.3 Å². The van der Waals surface area contributed by atoms with Gasteiger partial charge in [0.1, 0.15) is 0 Å². The number of nitrogens with one attached hydrogen (secondary N) is 1. The number of benzene rings is 1. The summed E-state index contributed by atoms with van der Waals surface area (Å²) in [7, 11) is 6.81. The van der Waals surface area contributed by atoms with Gasteiger partial charge >= 0.3 is 0 Å². The molecule has 1 rings (SSSR count). The summed E-state index contributed by atoms with van der Waals surface area (Å²) in [5, 5.41) is 3.31. The normalized spacial score (nSPS) is 11.8. The molecule has 0 aliphatic heterocycles. The van der Waals surface area contributed by atoms with Crippen LogP contribution < -0.4 is 19.5 Å². The van der Waals surface area contributed by atoms with Crippen LogP contribution in [0.2, 0.25) is 0 Å². The van der Waals surface area contributed by atoms with E-state index in [4.69, 9.17) is 14.2 Å². The molecule has 0 saturated heterocycles. The average Bonchev–Trinajstić information content (AvgIpc) is 2.50. The summed E-state index contributed by atoms with van der Waals surface area (Å²) in [6.07, 6.45) is 1.83. The fourth-order valence-electron chi connectivity index (χ4n) is 2.20. The van der Waals surface area contributed by atoms with E-state index in [-0.39, 0.29) is 6.04 Å². The van der Waals surface area contributed by atoms with Crippen LogP contribution in [0.4, 0.5) is 0 Å². The predicted molar refractivity (Wildman–Crippen MR) is 81.9 cm³/mol. The molecular weight excluding hydrogens is 254 g/mol. The molecule has 0 saturated carbocycles. The molecule has 1 unspecified atom stereocenters. The molecule has 1 atom stereocenters. The molecule has 0 aliphatic rings. The molecule has 0 aliphatic carbocycles. The molecule has 112 valence electrons. The van der Waals surface area contributed by atoms with Crippen LogP contribution in [0.3, 0.4) is 0 Å². The van der Waals surface area contributed by atoms with Crippen molar-refractivity contribution in [2.24, 2.45) is 0 Å². The molecule has 1 N–H and O–H groups in total. The largest absolute Gasteiger partial charge is 0.493 e. The first kappa shape index (κ1) is 16.4. The molecule has 20 heavy (non-hydrogen) atoms. The molecule has 0 amide bonds. The fourth-order valence-corrected chi connectivity index (χ4v) is 2.20. The highest BCUT2D eigenvalue weighted by Crippen LogP contribution is 2.43. The highest BCUT2D eigenvalue weighted by atomic mass is 16.5. The third kappa shape index (κ3) is 3.45. The number of hydrogen-bond acceptors (Lipinski definition) is 4. The molecule has 0 fully saturated rings. The summed E-state index contributed by atoms with van der Waals surface area (Å²) in [5.74, 6) is 1.99. The van der Waals surface area contributed by atoms with Crippen molar-refractivity contribution in [2.45, 2.75) is 25.8 Å². The van der Waals surface area contributed by atoms with E-state index in [1.54, 1.807) is 21.3 Å². The van der Waals surface area contributed by atoms with Crippen molar-refractivity contribution in [3.8, 4) is 17.2 Å². The SMILES string of the molecule is C=C(CC)CC(NC)c1ccc(OC)c(OC)c1OC. The number of ether oxygens (including phenoxy) is 3. The van der Waals surface area contributed by atoms with Gasteiger partial charge < -0.3 is 19.5 Å². The van der Waals surface area contributed by atoms with Crippen molar-refractivity contribution in [2.75, 3.05) is 28.4 Å². The van der Waals surface area contributed by atoms with Crippen LogP contribution >= 0.6 is 0 Å². The van der Waals surface area contributed by atoms with Gasteiger partial charge in [0, 0.05) is 11.6 Å². The van der Waals surface area contributed by atoms with Crippen molar-refractivity contribution < 1.29 is 14.2 Å². The fraction of sp³-hybridized carbons (Fsp3) is 0.500. The molecule has 4 heteroatoms. The van der Waals surface area contributed by atoms with Crippen LogP contribution in [-0.4, -0.2) is 28.4 Å². The summed E-state index contributed by atoms with van der Waals surface area (Å²) < 4.78 is 16.3. The standard InChI is InChI=1S/C16H25NO3/c1-7-11(2)10-13(17-3)12-8-9-14(18-4)16(20-6)15(12)19-5/h8-9,13,17H,2,7,10H2,1,3-6H3. The van der Waals surface area contributed by atoms with Gasteiger partial charge in [-0.3, -0.25) is 0 Å². The van der Waals surface area contributed by atoms with Gasteiger partial charge in [0.2, 0.25) is 5.75 Å². The maximum absolute atomic E-state index is 5.53. The van der Waals surface area contributed by atoms with Gasteiger partial charge in [-0.25, -0.2) is 0 Å². The topological polar surface area (TPSA) is 39.7 Å². The second kappa shape index (κ2) is 7.80. The molecule has 0 spiro atoms. The monoisotopic (exact) mass is 279 g/mol. The molecular formula is C16H25NO3. The van der Waals surface area contributed by atoms with E-state index in [1.165, 1.54) is 5.57 Å². The third-order valence-corrected chi connectivity index (χ3v) is 3.45. The molecule has 0 radical (unpaired) electrons. The first-order chi connectivity index (χ1) is 9.62. The van der Waals surface area contributed by atoms with Crippen LogP contribution in [-0.2, 0) is 0 Å². The second-order valence-electron chi connectivity index (χ2n) is 4.57. The summed E-state index contributed by atoms with van der Waals surface area (Å²) in [6, 6.07) is 4.04. The maximum Gasteiger partial charge on any atom is 0.203 e. The summed E-state index contributed by atoms with van der Waals surface area (Å²) >= 11 is 0. The van der Waals surface area contributed by atoms with Crippen molar-refractivity contribution in [1.82, 2.24) is 5.32 Å². The summed E-state index contributed by atoms with van der Waals surface area (Å²) in [6.45, 7) is 6.19. The lowest BCUT2D eigenvalue weighted by Crippen LogP contribution is -2.18. The van der Waals surface area contributed by atoms with Crippen molar-refractivity contribution >= 4 is 0 Å². The zero-order valence-corrected chi connectivity index (χ0v) is 13.1. The maximum atomic E-state index is 5.53. The van der Waals surface area contributed by atoms with Gasteiger partial charge in [-0.1, -0.05) is 19.1 Å². The zero-order chi connectivity index (χ0) is 15.1. The summed E-state index contributed by atoms with van der Waals surface area (Å²) in [4.78, 5) is 0. The number of methoxy groups -OCH3 is 3. The Morgan fingerprint density at radius 2 is 1.80 bits per heavy atom. The smallest absolute Gasteiger partial charge is 0.203 e. The highest BCUT2D eigenvalue weighted by Gasteiger charge is 2.21. The van der Waals surface area contributed by atoms with Crippen LogP contribution in [0.15, 0.2) is 24.3 Å². The Bertz CT molecular complexity index is 457. The molecule has 0 heterocycles. The zero-order valence-electron chi connectivity index (χ0n) is 13.1. The Kier molecular flexibility index (Phi) is 6.39. The van der Waals surface area contributed by atoms with Gasteiger partial charge in [-0.2, -0.15) is 0 Å². The Hall–Kier alpha value is -1.68. The van der Waals surface area contributed by atoms with Crippen LogP contribution in [0, 0.1) is 0 Å². The van der Waals surface area contributed by atoms with E-state index in [1.807, 2.05) is 19.2 Å². The van der Waals surface area contributed by atoms with Crippen molar-refractivity contribution in [3.63, 3.8) is 0 Å². The molecule has 0 bridgehead atoms. The predicted octanol–water partition coefficient (Wildman–Crippen LogP) is 3.33. The van der Waals surface area contributed by atoms with E-state index < -0.39 is 0 Å². The highest BCUT2D eigenvalue weighted by molar-refractivity contribution is 5.56. The van der Waals surface area contributed by atoms with E-state index in [9.17, 15) is 0 Å². The van der Waals surface area contributed by atoms with E-state index >= 15 is 0 Å². The quantitative estimate of drug-likeness (QED) is 0.741.